The van der Waals surface area contributed by atoms with Crippen LogP contribution in [0.15, 0.2) is 0 Å². The van der Waals surface area contributed by atoms with Crippen LogP contribution in [0.25, 0.3) is 0 Å². The molecule has 2 atom stereocenters. The summed E-state index contributed by atoms with van der Waals surface area (Å²) in [6.07, 6.45) is 5.57. The van der Waals surface area contributed by atoms with Crippen LogP contribution in [0.3, 0.4) is 0 Å². The van der Waals surface area contributed by atoms with Gasteiger partial charge in [0.25, 0.3) is 10.1 Å². The predicted octanol–water partition coefficient (Wildman–Crippen LogP) is 1.74. The molecule has 0 spiro atoms. The van der Waals surface area contributed by atoms with Gasteiger partial charge in [-0.1, -0.05) is 51.9 Å². The minimum absolute atomic E-state index is 0.366. The quantitative estimate of drug-likeness (QED) is 0.396. The van der Waals surface area contributed by atoms with Gasteiger partial charge in [-0.05, 0) is 6.42 Å². The number of hydrogen-bond donors (Lipinski definition) is 3. The molecule has 2 unspecified atom stereocenters. The fraction of sp³-hybridized carbons (Fsp3) is 1.00. The molecule has 18 heavy (non-hydrogen) atoms. The molecule has 0 saturated carbocycles. The zero-order chi connectivity index (χ0) is 14.0. The summed E-state index contributed by atoms with van der Waals surface area (Å²) < 4.78 is 29.5. The Morgan fingerprint density at radius 1 is 0.889 bits per heavy atom. The van der Waals surface area contributed by atoms with Crippen LogP contribution < -0.4 is 0 Å². The summed E-state index contributed by atoms with van der Waals surface area (Å²) in [5.74, 6) is -0.801. The van der Waals surface area contributed by atoms with E-state index in [4.69, 9.17) is 4.55 Å². The number of aliphatic hydroxyl groups is 2. The molecule has 6 heteroatoms. The first-order valence-electron chi connectivity index (χ1n) is 6.68. The van der Waals surface area contributed by atoms with Gasteiger partial charge in [0.15, 0.2) is 0 Å². The Bertz CT molecular complexity index is 289. The van der Waals surface area contributed by atoms with Crippen LogP contribution in [0.4, 0.5) is 0 Å². The third-order valence-electron chi connectivity index (χ3n) is 2.93. The van der Waals surface area contributed by atoms with Gasteiger partial charge < -0.3 is 10.2 Å². The van der Waals surface area contributed by atoms with Gasteiger partial charge in [0.2, 0.25) is 0 Å². The van der Waals surface area contributed by atoms with E-state index in [-0.39, 0.29) is 0 Å². The maximum absolute atomic E-state index is 10.5. The van der Waals surface area contributed by atoms with Gasteiger partial charge >= 0.3 is 0 Å². The Labute approximate surface area is 110 Å². The van der Waals surface area contributed by atoms with E-state index in [1.807, 2.05) is 0 Å². The van der Waals surface area contributed by atoms with Crippen molar-refractivity contribution in [3.8, 4) is 0 Å². The molecule has 0 aromatic rings. The number of aliphatic hydroxyl groups excluding tert-OH is 2. The lowest BCUT2D eigenvalue weighted by Gasteiger charge is -2.16. The van der Waals surface area contributed by atoms with Crippen molar-refractivity contribution in [1.82, 2.24) is 0 Å². The molecule has 0 heterocycles. The molecule has 0 bridgehead atoms. The van der Waals surface area contributed by atoms with Crippen molar-refractivity contribution in [2.24, 2.45) is 0 Å². The van der Waals surface area contributed by atoms with E-state index >= 15 is 0 Å². The Morgan fingerprint density at radius 2 is 1.39 bits per heavy atom. The lowest BCUT2D eigenvalue weighted by molar-refractivity contribution is 0.0257. The van der Waals surface area contributed by atoms with Crippen LogP contribution in [0.2, 0.25) is 0 Å². The van der Waals surface area contributed by atoms with E-state index in [1.54, 1.807) is 0 Å². The normalized spacial score (nSPS) is 15.6. The first-order valence-corrected chi connectivity index (χ1v) is 8.29. The predicted molar refractivity (Wildman–Crippen MR) is 71.0 cm³/mol. The largest absolute Gasteiger partial charge is 0.390 e. The third-order valence-corrected chi connectivity index (χ3v) is 3.69. The minimum atomic E-state index is -4.22. The molecule has 0 fully saturated rings. The minimum Gasteiger partial charge on any atom is -0.390 e. The molecule has 3 N–H and O–H groups in total. The second kappa shape index (κ2) is 9.72. The monoisotopic (exact) mass is 282 g/mol. The fourth-order valence-corrected chi connectivity index (χ4v) is 2.48. The van der Waals surface area contributed by atoms with Crippen molar-refractivity contribution in [1.29, 1.82) is 0 Å². The van der Waals surface area contributed by atoms with Gasteiger partial charge in [0.05, 0.1) is 12.2 Å². The molecule has 0 radical (unpaired) electrons. The van der Waals surface area contributed by atoms with Crippen LogP contribution >= 0.6 is 0 Å². The summed E-state index contributed by atoms with van der Waals surface area (Å²) in [6, 6.07) is 0. The fourth-order valence-electron chi connectivity index (χ4n) is 1.83. The highest BCUT2D eigenvalue weighted by molar-refractivity contribution is 7.85. The van der Waals surface area contributed by atoms with Crippen molar-refractivity contribution in [3.63, 3.8) is 0 Å². The SMILES string of the molecule is CCCCCCCCCC(O)C(O)CS(=O)(=O)O. The highest BCUT2D eigenvalue weighted by atomic mass is 32.2. The average Bonchev–Trinajstić information content (AvgIpc) is 2.25. The van der Waals surface area contributed by atoms with Crippen molar-refractivity contribution in [2.45, 2.75) is 70.5 Å². The van der Waals surface area contributed by atoms with Crippen LogP contribution in [-0.4, -0.2) is 41.1 Å². The first kappa shape index (κ1) is 17.8. The first-order chi connectivity index (χ1) is 8.37. The van der Waals surface area contributed by atoms with E-state index in [2.05, 4.69) is 6.92 Å². The molecule has 0 aliphatic rings. The molecule has 0 amide bonds. The van der Waals surface area contributed by atoms with Crippen molar-refractivity contribution >= 4 is 10.1 Å². The molecule has 0 saturated heterocycles. The number of hydrogen-bond acceptors (Lipinski definition) is 4. The van der Waals surface area contributed by atoms with E-state index in [0.717, 1.165) is 19.3 Å². The Morgan fingerprint density at radius 3 is 1.89 bits per heavy atom. The lowest BCUT2D eigenvalue weighted by Crippen LogP contribution is -2.32. The smallest absolute Gasteiger partial charge is 0.267 e. The second-order valence-electron chi connectivity index (χ2n) is 4.79. The van der Waals surface area contributed by atoms with Crippen LogP contribution in [-0.2, 0) is 10.1 Å². The van der Waals surface area contributed by atoms with E-state index in [9.17, 15) is 18.6 Å². The van der Waals surface area contributed by atoms with Gasteiger partial charge in [-0.25, -0.2) is 0 Å². The molecule has 110 valence electrons. The summed E-state index contributed by atoms with van der Waals surface area (Å²) in [4.78, 5) is 0. The molecular formula is C12H26O5S. The van der Waals surface area contributed by atoms with Crippen molar-refractivity contribution in [3.05, 3.63) is 0 Å². The summed E-state index contributed by atoms with van der Waals surface area (Å²) in [7, 11) is -4.22. The molecular weight excluding hydrogens is 256 g/mol. The van der Waals surface area contributed by atoms with Crippen LogP contribution in [0.5, 0.6) is 0 Å². The topological polar surface area (TPSA) is 94.8 Å². The van der Waals surface area contributed by atoms with Gasteiger partial charge in [-0.2, -0.15) is 8.42 Å². The Hall–Kier alpha value is -0.170. The third kappa shape index (κ3) is 11.0. The summed E-state index contributed by atoms with van der Waals surface area (Å²) in [6.45, 7) is 2.16. The summed E-state index contributed by atoms with van der Waals surface area (Å²) in [5.41, 5.74) is 0. The second-order valence-corrected chi connectivity index (χ2v) is 6.29. The van der Waals surface area contributed by atoms with Gasteiger partial charge in [0, 0.05) is 0 Å². The maximum Gasteiger partial charge on any atom is 0.267 e. The lowest BCUT2D eigenvalue weighted by atomic mass is 10.0. The Balaban J connectivity index is 3.55. The van der Waals surface area contributed by atoms with E-state index < -0.39 is 28.1 Å². The molecule has 0 aromatic carbocycles. The van der Waals surface area contributed by atoms with Gasteiger partial charge in [0.1, 0.15) is 5.75 Å². The van der Waals surface area contributed by atoms with Crippen molar-refractivity contribution < 1.29 is 23.2 Å². The number of rotatable bonds is 11. The highest BCUT2D eigenvalue weighted by Crippen LogP contribution is 2.11. The summed E-state index contributed by atoms with van der Waals surface area (Å²) in [5, 5.41) is 18.8. The standard InChI is InChI=1S/C12H26O5S/c1-2-3-4-5-6-7-8-9-11(13)12(14)10-18(15,16)17/h11-14H,2-10H2,1H3,(H,15,16,17). The zero-order valence-corrected chi connectivity index (χ0v) is 11.9. The molecule has 0 aliphatic heterocycles. The number of unbranched alkanes of at least 4 members (excludes halogenated alkanes) is 6. The molecule has 0 rings (SSSR count). The zero-order valence-electron chi connectivity index (χ0n) is 11.1. The van der Waals surface area contributed by atoms with Gasteiger partial charge in [-0.15, -0.1) is 0 Å². The highest BCUT2D eigenvalue weighted by Gasteiger charge is 2.21. The van der Waals surface area contributed by atoms with Gasteiger partial charge in [-0.3, -0.25) is 4.55 Å². The Kier molecular flexibility index (Phi) is 9.63. The summed E-state index contributed by atoms with van der Waals surface area (Å²) >= 11 is 0. The molecule has 0 aromatic heterocycles. The average molecular weight is 282 g/mol. The van der Waals surface area contributed by atoms with Crippen LogP contribution in [0.1, 0.15) is 58.3 Å². The van der Waals surface area contributed by atoms with Crippen LogP contribution in [0, 0.1) is 0 Å². The van der Waals surface area contributed by atoms with E-state index in [1.165, 1.54) is 25.7 Å². The molecule has 0 aliphatic carbocycles. The van der Waals surface area contributed by atoms with E-state index in [0.29, 0.717) is 6.42 Å². The molecule has 5 nitrogen and oxygen atoms in total. The van der Waals surface area contributed by atoms with Crippen molar-refractivity contribution in [2.75, 3.05) is 5.75 Å². The maximum atomic E-state index is 10.5.